The predicted molar refractivity (Wildman–Crippen MR) is 68.7 cm³/mol. The number of halogens is 4. The van der Waals surface area contributed by atoms with Gasteiger partial charge < -0.3 is 10.0 Å². The highest BCUT2D eigenvalue weighted by Gasteiger charge is 2.34. The average molecular weight is 310 g/mol. The number of aromatic nitrogens is 2. The largest absolute Gasteiger partial charge is 0.433 e. The molecule has 0 saturated carbocycles. The van der Waals surface area contributed by atoms with Gasteiger partial charge in [0.05, 0.1) is 0 Å². The Labute approximate surface area is 119 Å². The summed E-state index contributed by atoms with van der Waals surface area (Å²) in [4.78, 5) is 8.87. The van der Waals surface area contributed by atoms with Gasteiger partial charge in [0.2, 0.25) is 5.28 Å². The molecule has 1 aliphatic rings. The zero-order valence-corrected chi connectivity index (χ0v) is 11.5. The molecule has 1 fully saturated rings. The summed E-state index contributed by atoms with van der Waals surface area (Å²) in [6.45, 7) is 1.29. The second kappa shape index (κ2) is 6.13. The second-order valence-electron chi connectivity index (χ2n) is 4.84. The van der Waals surface area contributed by atoms with Gasteiger partial charge in [-0.25, -0.2) is 9.97 Å². The van der Waals surface area contributed by atoms with E-state index in [2.05, 4.69) is 9.97 Å². The molecule has 1 aromatic rings. The Morgan fingerprint density at radius 1 is 1.40 bits per heavy atom. The van der Waals surface area contributed by atoms with Crippen LogP contribution in [0.15, 0.2) is 6.07 Å². The zero-order valence-electron chi connectivity index (χ0n) is 10.7. The number of aliphatic hydroxyl groups is 1. The van der Waals surface area contributed by atoms with Gasteiger partial charge in [0, 0.05) is 25.8 Å². The van der Waals surface area contributed by atoms with Gasteiger partial charge >= 0.3 is 6.18 Å². The van der Waals surface area contributed by atoms with Crippen molar-refractivity contribution in [3.8, 4) is 0 Å². The number of alkyl halides is 3. The summed E-state index contributed by atoms with van der Waals surface area (Å²) in [5.41, 5.74) is -1.03. The van der Waals surface area contributed by atoms with E-state index in [1.165, 1.54) is 0 Å². The fraction of sp³-hybridized carbons (Fsp3) is 0.667. The van der Waals surface area contributed by atoms with Gasteiger partial charge in [0.1, 0.15) is 5.82 Å². The summed E-state index contributed by atoms with van der Waals surface area (Å²) < 4.78 is 38.1. The monoisotopic (exact) mass is 309 g/mol. The molecule has 112 valence electrons. The SMILES string of the molecule is OCCC1CCCN(c2cc(C(F)(F)F)nc(Cl)n2)C1. The number of nitrogens with zero attached hydrogens (tertiary/aromatic N) is 3. The third kappa shape index (κ3) is 3.73. The van der Waals surface area contributed by atoms with Gasteiger partial charge in [0.15, 0.2) is 5.69 Å². The molecule has 8 heteroatoms. The summed E-state index contributed by atoms with van der Waals surface area (Å²) >= 11 is 5.58. The molecule has 4 nitrogen and oxygen atoms in total. The molecule has 1 aromatic heterocycles. The smallest absolute Gasteiger partial charge is 0.396 e. The van der Waals surface area contributed by atoms with E-state index in [9.17, 15) is 13.2 Å². The van der Waals surface area contributed by atoms with Crippen molar-refractivity contribution in [1.29, 1.82) is 0 Å². The summed E-state index contributed by atoms with van der Waals surface area (Å²) in [6.07, 6.45) is -2.08. The highest BCUT2D eigenvalue weighted by Crippen LogP contribution is 2.32. The van der Waals surface area contributed by atoms with Crippen LogP contribution in [-0.4, -0.2) is 34.8 Å². The van der Waals surface area contributed by atoms with Crippen molar-refractivity contribution < 1.29 is 18.3 Å². The van der Waals surface area contributed by atoms with Crippen molar-refractivity contribution in [3.63, 3.8) is 0 Å². The summed E-state index contributed by atoms with van der Waals surface area (Å²) in [7, 11) is 0. The van der Waals surface area contributed by atoms with Crippen molar-refractivity contribution in [2.45, 2.75) is 25.4 Å². The van der Waals surface area contributed by atoms with Gasteiger partial charge in [-0.3, -0.25) is 0 Å². The number of hydrogen-bond acceptors (Lipinski definition) is 4. The lowest BCUT2D eigenvalue weighted by atomic mass is 9.95. The maximum atomic E-state index is 12.7. The van der Waals surface area contributed by atoms with Crippen LogP contribution in [0, 0.1) is 5.92 Å². The number of anilines is 1. The van der Waals surface area contributed by atoms with Crippen molar-refractivity contribution in [2.75, 3.05) is 24.6 Å². The molecule has 1 unspecified atom stereocenters. The standard InChI is InChI=1S/C12H15ClF3N3O/c13-11-17-9(12(14,15)16)6-10(18-11)19-4-1-2-8(7-19)3-5-20/h6,8,20H,1-5,7H2. The van der Waals surface area contributed by atoms with E-state index in [1.54, 1.807) is 4.90 Å². The topological polar surface area (TPSA) is 49.2 Å². The van der Waals surface area contributed by atoms with E-state index >= 15 is 0 Å². The molecular formula is C12H15ClF3N3O. The minimum Gasteiger partial charge on any atom is -0.396 e. The van der Waals surface area contributed by atoms with Gasteiger partial charge in [-0.1, -0.05) is 0 Å². The Bertz CT molecular complexity index is 468. The van der Waals surface area contributed by atoms with Gasteiger partial charge in [0.25, 0.3) is 0 Å². The maximum absolute atomic E-state index is 12.7. The molecule has 2 heterocycles. The first-order valence-corrected chi connectivity index (χ1v) is 6.75. The maximum Gasteiger partial charge on any atom is 0.433 e. The van der Waals surface area contributed by atoms with E-state index in [4.69, 9.17) is 16.7 Å². The third-order valence-electron chi connectivity index (χ3n) is 3.36. The van der Waals surface area contributed by atoms with Crippen LogP contribution in [0.1, 0.15) is 25.0 Å². The Morgan fingerprint density at radius 2 is 2.15 bits per heavy atom. The molecule has 1 N–H and O–H groups in total. The first kappa shape index (κ1) is 15.3. The molecule has 0 bridgehead atoms. The van der Waals surface area contributed by atoms with Crippen molar-refractivity contribution in [1.82, 2.24) is 9.97 Å². The first-order chi connectivity index (χ1) is 9.40. The number of piperidine rings is 1. The van der Waals surface area contributed by atoms with E-state index in [1.807, 2.05) is 0 Å². The van der Waals surface area contributed by atoms with E-state index in [0.29, 0.717) is 19.5 Å². The molecule has 1 aliphatic heterocycles. The van der Waals surface area contributed by atoms with Gasteiger partial charge in [-0.2, -0.15) is 13.2 Å². The molecule has 1 atom stereocenters. The van der Waals surface area contributed by atoms with E-state index < -0.39 is 17.2 Å². The molecule has 0 aliphatic carbocycles. The van der Waals surface area contributed by atoms with E-state index in [0.717, 1.165) is 18.9 Å². The Hall–Kier alpha value is -1.08. The minimum atomic E-state index is -4.54. The van der Waals surface area contributed by atoms with Crippen LogP contribution in [0.5, 0.6) is 0 Å². The first-order valence-electron chi connectivity index (χ1n) is 6.37. The Balaban J connectivity index is 2.21. The molecule has 0 radical (unpaired) electrons. The third-order valence-corrected chi connectivity index (χ3v) is 3.53. The van der Waals surface area contributed by atoms with Crippen molar-refractivity contribution in [2.24, 2.45) is 5.92 Å². The zero-order chi connectivity index (χ0) is 14.8. The van der Waals surface area contributed by atoms with Crippen LogP contribution in [0.3, 0.4) is 0 Å². The van der Waals surface area contributed by atoms with Crippen molar-refractivity contribution >= 4 is 17.4 Å². The summed E-state index contributed by atoms with van der Waals surface area (Å²) in [5.74, 6) is 0.455. The number of hydrogen-bond donors (Lipinski definition) is 1. The van der Waals surface area contributed by atoms with Crippen LogP contribution in [0.4, 0.5) is 19.0 Å². The highest BCUT2D eigenvalue weighted by molar-refractivity contribution is 6.28. The van der Waals surface area contributed by atoms with Crippen LogP contribution in [0.25, 0.3) is 0 Å². The second-order valence-corrected chi connectivity index (χ2v) is 5.18. The molecule has 1 saturated heterocycles. The fourth-order valence-electron chi connectivity index (χ4n) is 2.40. The molecular weight excluding hydrogens is 295 g/mol. The summed E-state index contributed by atoms with van der Waals surface area (Å²) in [5, 5.41) is 8.55. The predicted octanol–water partition coefficient (Wildman–Crippen LogP) is 2.75. The highest BCUT2D eigenvalue weighted by atomic mass is 35.5. The Kier molecular flexibility index (Phi) is 4.70. The molecule has 2 rings (SSSR count). The molecule has 0 aromatic carbocycles. The normalized spacial score (nSPS) is 20.2. The van der Waals surface area contributed by atoms with E-state index in [-0.39, 0.29) is 18.3 Å². The van der Waals surface area contributed by atoms with Crippen LogP contribution >= 0.6 is 11.6 Å². The molecule has 20 heavy (non-hydrogen) atoms. The minimum absolute atomic E-state index is 0.0802. The lowest BCUT2D eigenvalue weighted by Gasteiger charge is -2.33. The lowest BCUT2D eigenvalue weighted by molar-refractivity contribution is -0.141. The van der Waals surface area contributed by atoms with Gasteiger partial charge in [-0.05, 0) is 36.8 Å². The van der Waals surface area contributed by atoms with Crippen LogP contribution < -0.4 is 4.90 Å². The Morgan fingerprint density at radius 3 is 2.80 bits per heavy atom. The van der Waals surface area contributed by atoms with Gasteiger partial charge in [-0.15, -0.1) is 0 Å². The van der Waals surface area contributed by atoms with Crippen LogP contribution in [-0.2, 0) is 6.18 Å². The average Bonchev–Trinajstić information content (AvgIpc) is 2.38. The molecule has 0 spiro atoms. The molecule has 0 amide bonds. The quantitative estimate of drug-likeness (QED) is 0.872. The van der Waals surface area contributed by atoms with Crippen LogP contribution in [0.2, 0.25) is 5.28 Å². The van der Waals surface area contributed by atoms with Crippen molar-refractivity contribution in [3.05, 3.63) is 17.0 Å². The number of aliphatic hydroxyl groups excluding tert-OH is 1. The lowest BCUT2D eigenvalue weighted by Crippen LogP contribution is -2.36. The fourth-order valence-corrected chi connectivity index (χ4v) is 2.58. The summed E-state index contributed by atoms with van der Waals surface area (Å²) in [6, 6.07) is 0.924. The number of rotatable bonds is 3.